The minimum atomic E-state index is 0.543. The molecule has 13 heavy (non-hydrogen) atoms. The second-order valence-corrected chi connectivity index (χ2v) is 3.00. The summed E-state index contributed by atoms with van der Waals surface area (Å²) in [7, 11) is 3.98. The summed E-state index contributed by atoms with van der Waals surface area (Å²) in [6.07, 6.45) is 0. The lowest BCUT2D eigenvalue weighted by atomic mass is 10.3. The van der Waals surface area contributed by atoms with Gasteiger partial charge in [-0.05, 0) is 12.1 Å². The van der Waals surface area contributed by atoms with E-state index in [1.54, 1.807) is 0 Å². The van der Waals surface area contributed by atoms with E-state index in [0.29, 0.717) is 13.2 Å². The number of ether oxygens (including phenoxy) is 1. The summed E-state index contributed by atoms with van der Waals surface area (Å²) < 4.78 is 5.48. The molecule has 0 saturated carbocycles. The molecule has 3 nitrogen and oxygen atoms in total. The molecule has 0 radical (unpaired) electrons. The molecule has 0 aromatic heterocycles. The highest BCUT2D eigenvalue weighted by molar-refractivity contribution is 5.57. The number of anilines is 1. The molecule has 1 aromatic carbocycles. The lowest BCUT2D eigenvalue weighted by Crippen LogP contribution is -2.14. The lowest BCUT2D eigenvalue weighted by Gasteiger charge is -2.17. The molecule has 0 heterocycles. The topological polar surface area (TPSA) is 38.5 Å². The van der Waals surface area contributed by atoms with Crippen molar-refractivity contribution in [2.45, 2.75) is 0 Å². The smallest absolute Gasteiger partial charge is 0.142 e. The molecule has 1 rings (SSSR count). The predicted molar refractivity (Wildman–Crippen MR) is 55.3 cm³/mol. The van der Waals surface area contributed by atoms with Crippen LogP contribution in [0.5, 0.6) is 5.75 Å². The van der Waals surface area contributed by atoms with Crippen molar-refractivity contribution in [1.82, 2.24) is 0 Å². The van der Waals surface area contributed by atoms with Gasteiger partial charge in [0.25, 0.3) is 0 Å². The molecule has 0 amide bonds. The van der Waals surface area contributed by atoms with Gasteiger partial charge in [0.05, 0.1) is 5.69 Å². The Hall–Kier alpha value is -1.22. The van der Waals surface area contributed by atoms with Gasteiger partial charge >= 0.3 is 0 Å². The van der Waals surface area contributed by atoms with E-state index in [0.717, 1.165) is 11.4 Å². The van der Waals surface area contributed by atoms with Crippen LogP contribution in [0.2, 0.25) is 0 Å². The molecule has 0 aliphatic carbocycles. The van der Waals surface area contributed by atoms with Gasteiger partial charge in [-0.1, -0.05) is 12.1 Å². The summed E-state index contributed by atoms with van der Waals surface area (Å²) in [5, 5.41) is 0. The van der Waals surface area contributed by atoms with Gasteiger partial charge in [-0.25, -0.2) is 0 Å². The number of para-hydroxylation sites is 2. The molecule has 0 aliphatic heterocycles. The summed E-state index contributed by atoms with van der Waals surface area (Å²) >= 11 is 0. The van der Waals surface area contributed by atoms with Gasteiger partial charge in [0.2, 0.25) is 0 Å². The Morgan fingerprint density at radius 2 is 2.00 bits per heavy atom. The van der Waals surface area contributed by atoms with Gasteiger partial charge in [-0.15, -0.1) is 0 Å². The fourth-order valence-corrected chi connectivity index (χ4v) is 1.12. The first kappa shape index (κ1) is 9.86. The number of rotatable bonds is 4. The average Bonchev–Trinajstić information content (AvgIpc) is 2.15. The summed E-state index contributed by atoms with van der Waals surface area (Å²) in [5.74, 6) is 0.887. The highest BCUT2D eigenvalue weighted by atomic mass is 16.5. The van der Waals surface area contributed by atoms with Gasteiger partial charge < -0.3 is 15.4 Å². The van der Waals surface area contributed by atoms with Crippen LogP contribution in [0, 0.1) is 0 Å². The van der Waals surface area contributed by atoms with Crippen LogP contribution >= 0.6 is 0 Å². The third kappa shape index (κ3) is 2.63. The first-order valence-corrected chi connectivity index (χ1v) is 4.35. The van der Waals surface area contributed by atoms with E-state index in [-0.39, 0.29) is 0 Å². The Labute approximate surface area is 79.1 Å². The maximum absolute atomic E-state index is 5.48. The van der Waals surface area contributed by atoms with Gasteiger partial charge in [0.1, 0.15) is 12.4 Å². The summed E-state index contributed by atoms with van der Waals surface area (Å²) in [4.78, 5) is 2.02. The Morgan fingerprint density at radius 1 is 1.31 bits per heavy atom. The molecular formula is C10H16N2O. The van der Waals surface area contributed by atoms with E-state index in [4.69, 9.17) is 10.5 Å². The van der Waals surface area contributed by atoms with Crippen LogP contribution < -0.4 is 15.4 Å². The maximum atomic E-state index is 5.48. The van der Waals surface area contributed by atoms with E-state index >= 15 is 0 Å². The molecule has 0 fully saturated rings. The first-order chi connectivity index (χ1) is 6.25. The molecule has 0 bridgehead atoms. The highest BCUT2D eigenvalue weighted by Gasteiger charge is 2.02. The van der Waals surface area contributed by atoms with E-state index in [9.17, 15) is 0 Å². The quantitative estimate of drug-likeness (QED) is 0.753. The zero-order valence-electron chi connectivity index (χ0n) is 8.16. The Morgan fingerprint density at radius 3 is 2.62 bits per heavy atom. The minimum absolute atomic E-state index is 0.543. The third-order valence-corrected chi connectivity index (χ3v) is 1.72. The number of hydrogen-bond donors (Lipinski definition) is 1. The second-order valence-electron chi connectivity index (χ2n) is 3.00. The normalized spacial score (nSPS) is 9.77. The van der Waals surface area contributed by atoms with Crippen molar-refractivity contribution in [3.8, 4) is 5.75 Å². The third-order valence-electron chi connectivity index (χ3n) is 1.72. The fraction of sp³-hybridized carbons (Fsp3) is 0.400. The van der Waals surface area contributed by atoms with Crippen molar-refractivity contribution >= 4 is 5.69 Å². The van der Waals surface area contributed by atoms with Gasteiger partial charge in [0.15, 0.2) is 0 Å². The molecule has 0 spiro atoms. The van der Waals surface area contributed by atoms with E-state index in [1.807, 2.05) is 43.3 Å². The number of hydrogen-bond acceptors (Lipinski definition) is 3. The molecule has 0 unspecified atom stereocenters. The maximum Gasteiger partial charge on any atom is 0.142 e. The number of nitrogens with two attached hydrogens (primary N) is 1. The van der Waals surface area contributed by atoms with Crippen molar-refractivity contribution in [2.75, 3.05) is 32.1 Å². The number of nitrogens with zero attached hydrogens (tertiary/aromatic N) is 1. The molecular weight excluding hydrogens is 164 g/mol. The molecule has 0 aliphatic rings. The zero-order chi connectivity index (χ0) is 9.68. The van der Waals surface area contributed by atoms with Crippen LogP contribution in [-0.2, 0) is 0 Å². The van der Waals surface area contributed by atoms with Gasteiger partial charge in [-0.2, -0.15) is 0 Å². The fourth-order valence-electron chi connectivity index (χ4n) is 1.12. The van der Waals surface area contributed by atoms with Crippen molar-refractivity contribution < 1.29 is 4.74 Å². The SMILES string of the molecule is CN(C)c1ccccc1OCCN. The van der Waals surface area contributed by atoms with Crippen LogP contribution in [0.4, 0.5) is 5.69 Å². The van der Waals surface area contributed by atoms with E-state index in [1.165, 1.54) is 0 Å². The van der Waals surface area contributed by atoms with Crippen LogP contribution in [0.1, 0.15) is 0 Å². The number of benzene rings is 1. The Bertz CT molecular complexity index is 261. The molecule has 2 N–H and O–H groups in total. The summed E-state index contributed by atoms with van der Waals surface area (Å²) in [6.45, 7) is 1.10. The predicted octanol–water partition coefficient (Wildman–Crippen LogP) is 1.09. The first-order valence-electron chi connectivity index (χ1n) is 4.35. The van der Waals surface area contributed by atoms with Crippen LogP contribution in [0.15, 0.2) is 24.3 Å². The van der Waals surface area contributed by atoms with Crippen LogP contribution in [0.3, 0.4) is 0 Å². The molecule has 1 aromatic rings. The van der Waals surface area contributed by atoms with Gasteiger partial charge in [0, 0.05) is 20.6 Å². The van der Waals surface area contributed by atoms with E-state index in [2.05, 4.69) is 0 Å². The van der Waals surface area contributed by atoms with Gasteiger partial charge in [-0.3, -0.25) is 0 Å². The Balaban J connectivity index is 2.78. The molecule has 0 saturated heterocycles. The molecule has 72 valence electrons. The van der Waals surface area contributed by atoms with Crippen LogP contribution in [0.25, 0.3) is 0 Å². The van der Waals surface area contributed by atoms with Crippen molar-refractivity contribution in [3.05, 3.63) is 24.3 Å². The van der Waals surface area contributed by atoms with Crippen LogP contribution in [-0.4, -0.2) is 27.2 Å². The second kappa shape index (κ2) is 4.72. The lowest BCUT2D eigenvalue weighted by molar-refractivity contribution is 0.329. The summed E-state index contributed by atoms with van der Waals surface area (Å²) in [5.41, 5.74) is 6.44. The van der Waals surface area contributed by atoms with Crippen molar-refractivity contribution in [2.24, 2.45) is 5.73 Å². The monoisotopic (exact) mass is 180 g/mol. The van der Waals surface area contributed by atoms with Crippen molar-refractivity contribution in [3.63, 3.8) is 0 Å². The zero-order valence-corrected chi connectivity index (χ0v) is 8.16. The standard InChI is InChI=1S/C10H16N2O/c1-12(2)9-5-3-4-6-10(9)13-8-7-11/h3-6H,7-8,11H2,1-2H3. The average molecular weight is 180 g/mol. The largest absolute Gasteiger partial charge is 0.490 e. The Kier molecular flexibility index (Phi) is 3.58. The van der Waals surface area contributed by atoms with Crippen molar-refractivity contribution in [1.29, 1.82) is 0 Å². The minimum Gasteiger partial charge on any atom is -0.490 e. The van der Waals surface area contributed by atoms with E-state index < -0.39 is 0 Å². The highest BCUT2D eigenvalue weighted by Crippen LogP contribution is 2.25. The summed E-state index contributed by atoms with van der Waals surface area (Å²) in [6, 6.07) is 7.92. The molecule has 0 atom stereocenters. The molecule has 3 heteroatoms.